The lowest BCUT2D eigenvalue weighted by atomic mass is 9.97. The summed E-state index contributed by atoms with van der Waals surface area (Å²) in [6, 6.07) is 6.54. The monoisotopic (exact) mass is 321 g/mol. The minimum atomic E-state index is 0.915. The molecule has 0 radical (unpaired) electrons. The number of aliphatic imine (C=N–C) groups is 1. The van der Waals surface area contributed by atoms with E-state index in [2.05, 4.69) is 60.3 Å². The van der Waals surface area contributed by atoms with E-state index in [1.54, 1.807) is 0 Å². The third-order valence-corrected chi connectivity index (χ3v) is 4.00. The Labute approximate surface area is 145 Å². The third kappa shape index (κ3) is 4.10. The average molecular weight is 321 g/mol. The van der Waals surface area contributed by atoms with Gasteiger partial charge in [0.1, 0.15) is 5.84 Å². The lowest BCUT2D eigenvalue weighted by molar-refractivity contribution is 1.08. The van der Waals surface area contributed by atoms with Gasteiger partial charge in [-0.25, -0.2) is 4.99 Å². The molecule has 0 atom stereocenters. The molecule has 1 aromatic carbocycles. The van der Waals surface area contributed by atoms with Gasteiger partial charge in [-0.2, -0.15) is 0 Å². The number of amidine groups is 1. The molecular weight excluding hydrogens is 294 g/mol. The lowest BCUT2D eigenvalue weighted by Crippen LogP contribution is -2.16. The van der Waals surface area contributed by atoms with Crippen LogP contribution in [0, 0.1) is 13.8 Å². The molecule has 2 aromatic rings. The Kier molecular flexibility index (Phi) is 5.91. The molecule has 1 aromatic heterocycles. The maximum absolute atomic E-state index is 4.68. The Morgan fingerprint density at radius 2 is 1.62 bits per heavy atom. The Morgan fingerprint density at radius 1 is 0.958 bits per heavy atom. The van der Waals surface area contributed by atoms with Crippen LogP contribution in [-0.4, -0.2) is 10.8 Å². The molecule has 1 aliphatic rings. The van der Waals surface area contributed by atoms with E-state index in [4.69, 9.17) is 0 Å². The van der Waals surface area contributed by atoms with Gasteiger partial charge >= 0.3 is 0 Å². The molecule has 0 fully saturated rings. The van der Waals surface area contributed by atoms with E-state index in [1.807, 2.05) is 33.2 Å². The van der Waals surface area contributed by atoms with Gasteiger partial charge < -0.3 is 5.32 Å². The van der Waals surface area contributed by atoms with Crippen LogP contribution >= 0.6 is 0 Å². The van der Waals surface area contributed by atoms with Crippen LogP contribution in [0.15, 0.2) is 41.3 Å². The third-order valence-electron chi connectivity index (χ3n) is 4.00. The van der Waals surface area contributed by atoms with E-state index in [0.29, 0.717) is 0 Å². The standard InChI is InChI=1S/C19H21N3.C2H6/c1-12-10-20-11-13(2)18(12)8-16-5-6-17-7-14(3)21-15(4)22-19(17)9-16;1-2/h5-7,9-11H,8H2,1-4H3,(H,21,22);1-2H3. The second-order valence-electron chi connectivity index (χ2n) is 5.97. The molecule has 1 N–H and O–H groups in total. The van der Waals surface area contributed by atoms with E-state index in [1.165, 1.54) is 22.3 Å². The van der Waals surface area contributed by atoms with Crippen molar-refractivity contribution in [1.82, 2.24) is 10.3 Å². The summed E-state index contributed by atoms with van der Waals surface area (Å²) < 4.78 is 0. The zero-order valence-corrected chi connectivity index (χ0v) is 15.6. The van der Waals surface area contributed by atoms with E-state index >= 15 is 0 Å². The summed E-state index contributed by atoms with van der Waals surface area (Å²) in [5, 5.41) is 3.28. The molecule has 2 heterocycles. The molecule has 0 spiro atoms. The fraction of sp³-hybridized carbons (Fsp3) is 0.333. The van der Waals surface area contributed by atoms with E-state index in [9.17, 15) is 0 Å². The molecular formula is C21H27N3. The van der Waals surface area contributed by atoms with Crippen molar-refractivity contribution in [2.45, 2.75) is 48.0 Å². The molecule has 24 heavy (non-hydrogen) atoms. The highest BCUT2D eigenvalue weighted by Gasteiger charge is 2.09. The van der Waals surface area contributed by atoms with Gasteiger partial charge in [0.15, 0.2) is 0 Å². The van der Waals surface area contributed by atoms with E-state index in [-0.39, 0.29) is 0 Å². The first-order valence-corrected chi connectivity index (χ1v) is 8.56. The Morgan fingerprint density at radius 3 is 2.29 bits per heavy atom. The normalized spacial score (nSPS) is 12.8. The summed E-state index contributed by atoms with van der Waals surface area (Å²) in [4.78, 5) is 8.93. The van der Waals surface area contributed by atoms with Crippen molar-refractivity contribution in [3.8, 4) is 0 Å². The summed E-state index contributed by atoms with van der Waals surface area (Å²) >= 11 is 0. The fourth-order valence-corrected chi connectivity index (χ4v) is 2.89. The second kappa shape index (κ2) is 7.91. The lowest BCUT2D eigenvalue weighted by Gasteiger charge is -2.10. The second-order valence-corrected chi connectivity index (χ2v) is 5.97. The zero-order chi connectivity index (χ0) is 17.7. The Hall–Kier alpha value is -2.42. The van der Waals surface area contributed by atoms with Gasteiger partial charge in [0.25, 0.3) is 0 Å². The summed E-state index contributed by atoms with van der Waals surface area (Å²) in [5.41, 5.74) is 8.43. The number of rotatable bonds is 2. The number of aryl methyl sites for hydroxylation is 2. The van der Waals surface area contributed by atoms with Crippen LogP contribution in [0.5, 0.6) is 0 Å². The quantitative estimate of drug-likeness (QED) is 0.811. The van der Waals surface area contributed by atoms with Crippen LogP contribution in [0.25, 0.3) is 6.08 Å². The molecule has 0 saturated carbocycles. The van der Waals surface area contributed by atoms with Crippen LogP contribution in [0.4, 0.5) is 5.69 Å². The Bertz CT molecular complexity index is 765. The molecule has 0 amide bonds. The first kappa shape index (κ1) is 17.9. The van der Waals surface area contributed by atoms with Gasteiger partial charge in [-0.05, 0) is 68.5 Å². The molecule has 0 bridgehead atoms. The molecule has 3 heteroatoms. The van der Waals surface area contributed by atoms with Crippen LogP contribution < -0.4 is 5.32 Å². The van der Waals surface area contributed by atoms with Crippen molar-refractivity contribution in [2.75, 3.05) is 0 Å². The number of benzene rings is 1. The number of nitrogens with zero attached hydrogens (tertiary/aromatic N) is 2. The highest BCUT2D eigenvalue weighted by Crippen LogP contribution is 2.27. The van der Waals surface area contributed by atoms with Crippen molar-refractivity contribution < 1.29 is 0 Å². The number of allylic oxidation sites excluding steroid dienone is 1. The summed E-state index contributed by atoms with van der Waals surface area (Å²) in [6.07, 6.45) is 6.93. The number of aromatic nitrogens is 1. The van der Waals surface area contributed by atoms with Crippen LogP contribution in [0.1, 0.15) is 55.5 Å². The first-order valence-electron chi connectivity index (χ1n) is 8.56. The zero-order valence-electron chi connectivity index (χ0n) is 15.6. The van der Waals surface area contributed by atoms with Crippen molar-refractivity contribution >= 4 is 17.6 Å². The number of hydrogen-bond acceptors (Lipinski definition) is 3. The van der Waals surface area contributed by atoms with Crippen LogP contribution in [-0.2, 0) is 6.42 Å². The van der Waals surface area contributed by atoms with Crippen molar-refractivity contribution in [2.24, 2.45) is 4.99 Å². The molecule has 3 rings (SSSR count). The SMILES string of the molecule is CC.CC1=Cc2ccc(Cc3c(C)cncc3C)cc2N=C(C)N1. The summed E-state index contributed by atoms with van der Waals surface area (Å²) in [5.74, 6) is 0.931. The molecule has 3 nitrogen and oxygen atoms in total. The van der Waals surface area contributed by atoms with Crippen molar-refractivity contribution in [1.29, 1.82) is 0 Å². The predicted molar refractivity (Wildman–Crippen MR) is 104 cm³/mol. The largest absolute Gasteiger partial charge is 0.348 e. The van der Waals surface area contributed by atoms with Crippen LogP contribution in [0.3, 0.4) is 0 Å². The maximum atomic E-state index is 4.68. The average Bonchev–Trinajstić information content (AvgIpc) is 2.69. The molecule has 0 aliphatic carbocycles. The highest BCUT2D eigenvalue weighted by atomic mass is 15.0. The van der Waals surface area contributed by atoms with Gasteiger partial charge in [-0.3, -0.25) is 4.98 Å². The summed E-state index contributed by atoms with van der Waals surface area (Å²) in [6.45, 7) is 12.3. The summed E-state index contributed by atoms with van der Waals surface area (Å²) in [7, 11) is 0. The Balaban J connectivity index is 0.00000100. The highest BCUT2D eigenvalue weighted by molar-refractivity contribution is 5.88. The maximum Gasteiger partial charge on any atom is 0.103 e. The first-order chi connectivity index (χ1) is 11.5. The van der Waals surface area contributed by atoms with Gasteiger partial charge in [-0.15, -0.1) is 0 Å². The van der Waals surface area contributed by atoms with E-state index in [0.717, 1.165) is 29.2 Å². The molecule has 126 valence electrons. The smallest absolute Gasteiger partial charge is 0.103 e. The minimum absolute atomic E-state index is 0.915. The van der Waals surface area contributed by atoms with Crippen molar-refractivity contribution in [3.05, 3.63) is 64.1 Å². The molecule has 0 unspecified atom stereocenters. The minimum Gasteiger partial charge on any atom is -0.348 e. The topological polar surface area (TPSA) is 37.3 Å². The van der Waals surface area contributed by atoms with Gasteiger partial charge in [0.05, 0.1) is 5.69 Å². The number of pyridine rings is 1. The van der Waals surface area contributed by atoms with Gasteiger partial charge in [0, 0.05) is 23.7 Å². The van der Waals surface area contributed by atoms with Crippen molar-refractivity contribution in [3.63, 3.8) is 0 Å². The number of nitrogens with one attached hydrogen (secondary N) is 1. The number of fused-ring (bicyclic) bond motifs is 1. The molecule has 1 aliphatic heterocycles. The number of hydrogen-bond donors (Lipinski definition) is 1. The fourth-order valence-electron chi connectivity index (χ4n) is 2.89. The molecule has 0 saturated heterocycles. The van der Waals surface area contributed by atoms with E-state index < -0.39 is 0 Å². The van der Waals surface area contributed by atoms with Gasteiger partial charge in [0.2, 0.25) is 0 Å². The van der Waals surface area contributed by atoms with Gasteiger partial charge in [-0.1, -0.05) is 26.0 Å². The van der Waals surface area contributed by atoms with Crippen LogP contribution in [0.2, 0.25) is 0 Å². The predicted octanol–water partition coefficient (Wildman–Crippen LogP) is 5.33.